The zero-order valence-electron chi connectivity index (χ0n) is 10.1. The van der Waals surface area contributed by atoms with Crippen LogP contribution in [-0.4, -0.2) is 29.1 Å². The summed E-state index contributed by atoms with van der Waals surface area (Å²) >= 11 is 0. The summed E-state index contributed by atoms with van der Waals surface area (Å²) in [4.78, 5) is 0. The molecule has 1 rings (SSSR count). The number of alkyl halides is 3. The monoisotopic (exact) mass is 251 g/mol. The quantitative estimate of drug-likeness (QED) is 0.867. The number of ether oxygens (including phenoxy) is 1. The minimum atomic E-state index is -4.34. The molecule has 1 aromatic heterocycles. The Balaban J connectivity index is 2.81. The van der Waals surface area contributed by atoms with Crippen LogP contribution in [0, 0.1) is 6.92 Å². The summed E-state index contributed by atoms with van der Waals surface area (Å²) in [5.41, 5.74) is 1.34. The molecule has 0 radical (unpaired) electrons. The second kappa shape index (κ2) is 5.39. The molecule has 0 unspecified atom stereocenters. The molecule has 0 fully saturated rings. The first-order valence-electron chi connectivity index (χ1n) is 5.28. The number of aromatic nitrogens is 2. The molecule has 0 amide bonds. The molecule has 0 aliphatic rings. The van der Waals surface area contributed by atoms with Gasteiger partial charge in [0.25, 0.3) is 0 Å². The zero-order chi connectivity index (χ0) is 13.1. The van der Waals surface area contributed by atoms with Crippen LogP contribution in [0.5, 0.6) is 5.88 Å². The minimum Gasteiger partial charge on any atom is -0.468 e. The van der Waals surface area contributed by atoms with Crippen molar-refractivity contribution in [3.63, 3.8) is 0 Å². The fourth-order valence-electron chi connectivity index (χ4n) is 1.47. The van der Waals surface area contributed by atoms with Crippen molar-refractivity contribution in [3.8, 4) is 5.88 Å². The van der Waals surface area contributed by atoms with Crippen molar-refractivity contribution in [1.29, 1.82) is 0 Å². The summed E-state index contributed by atoms with van der Waals surface area (Å²) in [7, 11) is 1.56. The van der Waals surface area contributed by atoms with Crippen molar-refractivity contribution >= 4 is 0 Å². The Bertz CT molecular complexity index is 374. The van der Waals surface area contributed by atoms with E-state index in [1.54, 1.807) is 14.0 Å². The first kappa shape index (κ1) is 13.8. The van der Waals surface area contributed by atoms with Crippen molar-refractivity contribution in [2.45, 2.75) is 26.6 Å². The average Bonchev–Trinajstić information content (AvgIpc) is 2.46. The second-order valence-electron chi connectivity index (χ2n) is 3.68. The van der Waals surface area contributed by atoms with Gasteiger partial charge in [0.1, 0.15) is 0 Å². The Labute approximate surface area is 97.8 Å². The minimum absolute atomic E-state index is 0.167. The van der Waals surface area contributed by atoms with Crippen LogP contribution in [0.4, 0.5) is 13.2 Å². The number of rotatable bonds is 5. The molecule has 1 N–H and O–H groups in total. The molecule has 17 heavy (non-hydrogen) atoms. The largest absolute Gasteiger partial charge is 0.468 e. The summed E-state index contributed by atoms with van der Waals surface area (Å²) in [6.07, 6.45) is -4.34. The summed E-state index contributed by atoms with van der Waals surface area (Å²) < 4.78 is 42.4. The Morgan fingerprint density at radius 3 is 2.59 bits per heavy atom. The Hall–Kier alpha value is -1.24. The van der Waals surface area contributed by atoms with Crippen LogP contribution >= 0.6 is 0 Å². The molecule has 0 bridgehead atoms. The van der Waals surface area contributed by atoms with Gasteiger partial charge in [-0.2, -0.15) is 18.3 Å². The molecule has 0 saturated heterocycles. The van der Waals surface area contributed by atoms with Crippen molar-refractivity contribution in [3.05, 3.63) is 11.3 Å². The van der Waals surface area contributed by atoms with Gasteiger partial charge in [-0.15, -0.1) is 0 Å². The molecule has 4 nitrogen and oxygen atoms in total. The van der Waals surface area contributed by atoms with Crippen LogP contribution < -0.4 is 10.1 Å². The van der Waals surface area contributed by atoms with Crippen molar-refractivity contribution < 1.29 is 17.9 Å². The van der Waals surface area contributed by atoms with E-state index >= 15 is 0 Å². The van der Waals surface area contributed by atoms with Gasteiger partial charge in [-0.3, -0.25) is 0 Å². The molecule has 0 atom stereocenters. The number of nitrogens with zero attached hydrogens (tertiary/aromatic N) is 2. The Morgan fingerprint density at radius 2 is 2.06 bits per heavy atom. The first-order valence-corrected chi connectivity index (χ1v) is 5.28. The van der Waals surface area contributed by atoms with E-state index in [0.717, 1.165) is 6.54 Å². The molecule has 0 spiro atoms. The number of aryl methyl sites for hydroxylation is 2. The van der Waals surface area contributed by atoms with E-state index in [2.05, 4.69) is 10.4 Å². The Morgan fingerprint density at radius 1 is 1.41 bits per heavy atom. The van der Waals surface area contributed by atoms with Gasteiger partial charge in [0.2, 0.25) is 5.88 Å². The molecule has 0 aliphatic carbocycles. The molecular formula is C10H16F3N3O. The molecule has 98 valence electrons. The standard InChI is InChI=1S/C10H16F3N3O/c1-4-14-5-8-7(2)15-16(3)9(8)17-6-10(11,12)13/h14H,4-6H2,1-3H3. The van der Waals surface area contributed by atoms with E-state index in [1.807, 2.05) is 6.92 Å². The van der Waals surface area contributed by atoms with E-state index in [9.17, 15) is 13.2 Å². The summed E-state index contributed by atoms with van der Waals surface area (Å²) in [6.45, 7) is 3.54. The number of hydrogen-bond donors (Lipinski definition) is 1. The maximum Gasteiger partial charge on any atom is 0.422 e. The third-order valence-corrected chi connectivity index (χ3v) is 2.21. The van der Waals surface area contributed by atoms with E-state index in [-0.39, 0.29) is 5.88 Å². The van der Waals surface area contributed by atoms with Gasteiger partial charge in [0, 0.05) is 13.6 Å². The van der Waals surface area contributed by atoms with Gasteiger partial charge < -0.3 is 10.1 Å². The summed E-state index contributed by atoms with van der Waals surface area (Å²) in [5, 5.41) is 7.09. The van der Waals surface area contributed by atoms with Crippen LogP contribution in [0.3, 0.4) is 0 Å². The lowest BCUT2D eigenvalue weighted by atomic mass is 10.2. The smallest absolute Gasteiger partial charge is 0.422 e. The van der Waals surface area contributed by atoms with Gasteiger partial charge in [-0.05, 0) is 13.5 Å². The van der Waals surface area contributed by atoms with Gasteiger partial charge in [0.15, 0.2) is 6.61 Å². The van der Waals surface area contributed by atoms with Crippen LogP contribution in [0.1, 0.15) is 18.2 Å². The molecule has 1 aromatic rings. The highest BCUT2D eigenvalue weighted by Crippen LogP contribution is 2.24. The van der Waals surface area contributed by atoms with E-state index in [1.165, 1.54) is 4.68 Å². The van der Waals surface area contributed by atoms with Gasteiger partial charge in [-0.1, -0.05) is 6.92 Å². The molecule has 0 aliphatic heterocycles. The van der Waals surface area contributed by atoms with Gasteiger partial charge in [-0.25, -0.2) is 4.68 Å². The van der Waals surface area contributed by atoms with Crippen LogP contribution in [-0.2, 0) is 13.6 Å². The number of hydrogen-bond acceptors (Lipinski definition) is 3. The molecule has 1 heterocycles. The van der Waals surface area contributed by atoms with Crippen molar-refractivity contribution in [1.82, 2.24) is 15.1 Å². The maximum absolute atomic E-state index is 12.1. The fraction of sp³-hybridized carbons (Fsp3) is 0.700. The first-order chi connectivity index (χ1) is 7.85. The normalized spacial score (nSPS) is 11.9. The number of nitrogens with one attached hydrogen (secondary N) is 1. The van der Waals surface area contributed by atoms with E-state index < -0.39 is 12.8 Å². The van der Waals surface area contributed by atoms with Gasteiger partial charge >= 0.3 is 6.18 Å². The third kappa shape index (κ3) is 3.92. The summed E-state index contributed by atoms with van der Waals surface area (Å²) in [5.74, 6) is 0.167. The lowest BCUT2D eigenvalue weighted by molar-refractivity contribution is -0.154. The van der Waals surface area contributed by atoms with Crippen molar-refractivity contribution in [2.75, 3.05) is 13.2 Å². The number of halogens is 3. The summed E-state index contributed by atoms with van der Waals surface area (Å²) in [6, 6.07) is 0. The predicted molar refractivity (Wildman–Crippen MR) is 56.9 cm³/mol. The SMILES string of the molecule is CCNCc1c(C)nn(C)c1OCC(F)(F)F. The lowest BCUT2D eigenvalue weighted by Crippen LogP contribution is -2.21. The van der Waals surface area contributed by atoms with Crippen LogP contribution in [0.2, 0.25) is 0 Å². The molecule has 0 saturated carbocycles. The predicted octanol–water partition coefficient (Wildman–Crippen LogP) is 1.78. The fourth-order valence-corrected chi connectivity index (χ4v) is 1.47. The molecule has 7 heteroatoms. The highest BCUT2D eigenvalue weighted by atomic mass is 19.4. The molecular weight excluding hydrogens is 235 g/mol. The molecule has 0 aromatic carbocycles. The average molecular weight is 251 g/mol. The van der Waals surface area contributed by atoms with E-state index in [4.69, 9.17) is 4.74 Å². The second-order valence-corrected chi connectivity index (χ2v) is 3.68. The van der Waals surface area contributed by atoms with Crippen LogP contribution in [0.15, 0.2) is 0 Å². The van der Waals surface area contributed by atoms with E-state index in [0.29, 0.717) is 17.8 Å². The Kier molecular flexibility index (Phi) is 4.39. The van der Waals surface area contributed by atoms with Crippen LogP contribution in [0.25, 0.3) is 0 Å². The zero-order valence-corrected chi connectivity index (χ0v) is 10.1. The maximum atomic E-state index is 12.1. The highest BCUT2D eigenvalue weighted by Gasteiger charge is 2.29. The van der Waals surface area contributed by atoms with Gasteiger partial charge in [0.05, 0.1) is 11.3 Å². The topological polar surface area (TPSA) is 39.1 Å². The third-order valence-electron chi connectivity index (χ3n) is 2.21. The lowest BCUT2D eigenvalue weighted by Gasteiger charge is -2.11. The van der Waals surface area contributed by atoms with Crippen molar-refractivity contribution in [2.24, 2.45) is 7.05 Å². The highest BCUT2D eigenvalue weighted by molar-refractivity contribution is 5.30.